The predicted molar refractivity (Wildman–Crippen MR) is 21.8 cm³/mol. The highest BCUT2D eigenvalue weighted by Gasteiger charge is 1.99. The number of ether oxygens (including phenoxy) is 1. The molecule has 0 heterocycles. The second-order valence-electron chi connectivity index (χ2n) is 0.841. The summed E-state index contributed by atoms with van der Waals surface area (Å²) in [5, 5.41) is 10.4. The van der Waals surface area contributed by atoms with Crippen molar-refractivity contribution in [3.05, 3.63) is 0 Å². The molecule has 0 radical (unpaired) electrons. The van der Waals surface area contributed by atoms with Crippen molar-refractivity contribution in [2.24, 2.45) is 0 Å². The molecule has 0 aromatic rings. The first-order chi connectivity index (χ1) is 3.81. The van der Waals surface area contributed by atoms with Gasteiger partial charge in [0, 0.05) is 0 Å². The molecular weight excluding hydrogens is 116 g/mol. The zero-order valence-corrected chi connectivity index (χ0v) is 4.29. The van der Waals surface area contributed by atoms with Crippen LogP contribution in [0.2, 0.25) is 0 Å². The summed E-state index contributed by atoms with van der Waals surface area (Å²) in [4.78, 5) is 13.4. The Kier molecular flexibility index (Phi) is 3.91. The van der Waals surface area contributed by atoms with Gasteiger partial charge in [0.25, 0.3) is 0 Å². The molecule has 0 unspecified atom stereocenters. The van der Waals surface area contributed by atoms with Crippen molar-refractivity contribution in [1.29, 1.82) is 0 Å². The Balaban J connectivity index is 3.06. The largest absolute Gasteiger partial charge is 0.542 e. The van der Waals surface area contributed by atoms with Crippen molar-refractivity contribution < 1.29 is 24.7 Å². The third-order valence-corrected chi connectivity index (χ3v) is 0.367. The van der Waals surface area contributed by atoms with Crippen molar-refractivity contribution in [2.45, 2.75) is 6.92 Å². The number of hydrogen-bond acceptors (Lipinski definition) is 5. The van der Waals surface area contributed by atoms with Gasteiger partial charge in [-0.15, -0.1) is 0 Å². The van der Waals surface area contributed by atoms with Crippen molar-refractivity contribution >= 4 is 6.16 Å². The van der Waals surface area contributed by atoms with E-state index >= 15 is 0 Å². The zero-order chi connectivity index (χ0) is 6.41. The molecule has 48 valence electrons. The summed E-state index contributed by atoms with van der Waals surface area (Å²) in [6, 6.07) is 0. The van der Waals surface area contributed by atoms with E-state index in [2.05, 4.69) is 14.7 Å². The van der Waals surface area contributed by atoms with Gasteiger partial charge in [-0.05, 0) is 12.0 Å². The maximum absolute atomic E-state index is 9.91. The number of rotatable bonds is 2. The van der Waals surface area contributed by atoms with Crippen LogP contribution in [0.5, 0.6) is 0 Å². The fraction of sp³-hybridized carbons (Fsp3) is 0.667. The standard InChI is InChI=1S/C3H6O5/c1-2-6-3(4)7-8-5/h5H,2H2,1H3. The second kappa shape index (κ2) is 4.35. The molecule has 0 atom stereocenters. The van der Waals surface area contributed by atoms with E-state index in [0.29, 0.717) is 0 Å². The second-order valence-corrected chi connectivity index (χ2v) is 0.841. The van der Waals surface area contributed by atoms with Crippen LogP contribution in [0.4, 0.5) is 4.79 Å². The third kappa shape index (κ3) is 3.38. The molecule has 8 heavy (non-hydrogen) atoms. The summed E-state index contributed by atoms with van der Waals surface area (Å²) in [5.41, 5.74) is 0. The Morgan fingerprint density at radius 2 is 2.38 bits per heavy atom. The maximum atomic E-state index is 9.91. The Hall–Kier alpha value is -0.810. The van der Waals surface area contributed by atoms with Crippen molar-refractivity contribution in [3.63, 3.8) is 0 Å². The molecule has 5 heteroatoms. The molecule has 0 saturated heterocycles. The number of carbonyl (C=O) groups excluding carboxylic acids is 1. The predicted octanol–water partition coefficient (Wildman–Crippen LogP) is 0.564. The molecule has 0 aliphatic heterocycles. The van der Waals surface area contributed by atoms with Gasteiger partial charge >= 0.3 is 6.16 Å². The zero-order valence-electron chi connectivity index (χ0n) is 4.29. The van der Waals surface area contributed by atoms with Crippen LogP contribution in [-0.4, -0.2) is 18.0 Å². The van der Waals surface area contributed by atoms with E-state index in [9.17, 15) is 4.79 Å². The normalized spacial score (nSPS) is 8.25. The van der Waals surface area contributed by atoms with Crippen molar-refractivity contribution in [1.82, 2.24) is 0 Å². The lowest BCUT2D eigenvalue weighted by Gasteiger charge is -1.94. The van der Waals surface area contributed by atoms with Gasteiger partial charge in [0.05, 0.1) is 6.61 Å². The minimum Gasteiger partial charge on any atom is -0.433 e. The van der Waals surface area contributed by atoms with E-state index in [4.69, 9.17) is 5.26 Å². The topological polar surface area (TPSA) is 65.0 Å². The lowest BCUT2D eigenvalue weighted by Crippen LogP contribution is -2.05. The van der Waals surface area contributed by atoms with Crippen LogP contribution in [0.15, 0.2) is 0 Å². The van der Waals surface area contributed by atoms with Crippen LogP contribution < -0.4 is 0 Å². The smallest absolute Gasteiger partial charge is 0.433 e. The summed E-state index contributed by atoms with van der Waals surface area (Å²) >= 11 is 0. The fourth-order valence-corrected chi connectivity index (χ4v) is 0.172. The van der Waals surface area contributed by atoms with Gasteiger partial charge in [0.2, 0.25) is 0 Å². The molecule has 1 N–H and O–H groups in total. The molecule has 0 rings (SSSR count). The van der Waals surface area contributed by atoms with Gasteiger partial charge in [-0.3, -0.25) is 0 Å². The summed E-state index contributed by atoms with van der Waals surface area (Å²) < 4.78 is 4.14. The Morgan fingerprint density at radius 3 is 2.75 bits per heavy atom. The van der Waals surface area contributed by atoms with Crippen molar-refractivity contribution in [2.75, 3.05) is 6.61 Å². The monoisotopic (exact) mass is 122 g/mol. The Morgan fingerprint density at radius 1 is 1.75 bits per heavy atom. The molecule has 5 nitrogen and oxygen atoms in total. The minimum absolute atomic E-state index is 0.183. The van der Waals surface area contributed by atoms with Gasteiger partial charge in [0.15, 0.2) is 0 Å². The first-order valence-electron chi connectivity index (χ1n) is 1.96. The van der Waals surface area contributed by atoms with E-state index in [1.165, 1.54) is 0 Å². The van der Waals surface area contributed by atoms with Gasteiger partial charge in [-0.25, -0.2) is 14.9 Å². The minimum atomic E-state index is -1.06. The molecule has 0 amide bonds. The average molecular weight is 122 g/mol. The van der Waals surface area contributed by atoms with E-state index in [0.717, 1.165) is 0 Å². The SMILES string of the molecule is CCOC(=O)OOO. The van der Waals surface area contributed by atoms with Crippen molar-refractivity contribution in [3.8, 4) is 0 Å². The van der Waals surface area contributed by atoms with Gasteiger partial charge in [-0.1, -0.05) is 0 Å². The van der Waals surface area contributed by atoms with Crippen LogP contribution in [-0.2, 0) is 14.7 Å². The summed E-state index contributed by atoms with van der Waals surface area (Å²) in [6.07, 6.45) is -1.06. The van der Waals surface area contributed by atoms with Gasteiger partial charge < -0.3 is 4.74 Å². The maximum Gasteiger partial charge on any atom is 0.542 e. The third-order valence-electron chi connectivity index (χ3n) is 0.367. The van der Waals surface area contributed by atoms with Gasteiger partial charge in [0.1, 0.15) is 0 Å². The lowest BCUT2D eigenvalue weighted by molar-refractivity contribution is -0.461. The highest BCUT2D eigenvalue weighted by molar-refractivity contribution is 5.58. The highest BCUT2D eigenvalue weighted by Crippen LogP contribution is 1.81. The molecule has 0 aromatic heterocycles. The molecule has 0 spiro atoms. The Labute approximate surface area is 45.6 Å². The molecule has 0 aliphatic carbocycles. The molecule has 0 aliphatic rings. The summed E-state index contributed by atoms with van der Waals surface area (Å²) in [5.74, 6) is 0. The van der Waals surface area contributed by atoms with Crippen LogP contribution in [0.25, 0.3) is 0 Å². The fourth-order valence-electron chi connectivity index (χ4n) is 0.172. The van der Waals surface area contributed by atoms with E-state index in [1.54, 1.807) is 6.92 Å². The van der Waals surface area contributed by atoms with E-state index in [1.807, 2.05) is 0 Å². The first-order valence-corrected chi connectivity index (χ1v) is 1.96. The molecule has 0 saturated carbocycles. The van der Waals surface area contributed by atoms with E-state index < -0.39 is 6.16 Å². The first kappa shape index (κ1) is 7.19. The Bertz CT molecular complexity index is 62.1. The molecule has 0 bridgehead atoms. The lowest BCUT2D eigenvalue weighted by atomic mass is 10.9. The summed E-state index contributed by atoms with van der Waals surface area (Å²) in [6.45, 7) is 1.78. The van der Waals surface area contributed by atoms with Crippen LogP contribution in [0.1, 0.15) is 6.92 Å². The molecular formula is C3H6O5. The van der Waals surface area contributed by atoms with Crippen LogP contribution in [0, 0.1) is 0 Å². The summed E-state index contributed by atoms with van der Waals surface area (Å²) in [7, 11) is 0. The highest BCUT2D eigenvalue weighted by atomic mass is 17.5. The van der Waals surface area contributed by atoms with E-state index in [-0.39, 0.29) is 6.61 Å². The van der Waals surface area contributed by atoms with Crippen LogP contribution in [0.3, 0.4) is 0 Å². The number of carbonyl (C=O) groups is 1. The molecule has 0 fully saturated rings. The molecule has 0 aromatic carbocycles. The number of hydrogen-bond donors (Lipinski definition) is 1. The van der Waals surface area contributed by atoms with Gasteiger partial charge in [-0.2, -0.15) is 0 Å². The average Bonchev–Trinajstić information content (AvgIpc) is 1.68. The quantitative estimate of drug-likeness (QED) is 0.329. The van der Waals surface area contributed by atoms with Crippen LogP contribution >= 0.6 is 0 Å².